The largest absolute Gasteiger partial charge is 0.489 e. The van der Waals surface area contributed by atoms with Crippen molar-refractivity contribution in [1.29, 1.82) is 0 Å². The number of esters is 2. The summed E-state index contributed by atoms with van der Waals surface area (Å²) in [5, 5.41) is 9.59. The van der Waals surface area contributed by atoms with E-state index in [1.165, 1.54) is 14.2 Å². The summed E-state index contributed by atoms with van der Waals surface area (Å²) in [6.45, 7) is 1.02. The molecule has 8 heteroatoms. The number of methoxy groups -OCH3 is 2. The minimum absolute atomic E-state index is 0.228. The standard InChI is InChI=1S/C23H22O4.C17H18O4/c1-25-23(24)22(27-21-10-6-3-7-11-21)16-18-12-14-20(15-13-18)26-17-19-8-4-2-5-9-19;1-20-17(19)16(18)11-13-7-9-15(10-8-13)21-12-14-5-3-2-4-6-14/h2-15,22H,16-17H2,1H3;2-10,16,18H,11-12H2,1H3. The second kappa shape index (κ2) is 19.2. The molecule has 0 bridgehead atoms. The SMILES string of the molecule is COC(=O)C(Cc1ccc(OCc2ccccc2)cc1)Oc1ccccc1.COC(=O)C(O)Cc1ccc(OCc2ccccc2)cc1. The van der Waals surface area contributed by atoms with Crippen molar-refractivity contribution >= 4 is 11.9 Å². The van der Waals surface area contributed by atoms with Crippen molar-refractivity contribution < 1.29 is 38.4 Å². The number of aliphatic hydroxyl groups is 1. The predicted molar refractivity (Wildman–Crippen MR) is 183 cm³/mol. The maximum atomic E-state index is 12.1. The Morgan fingerprint density at radius 3 is 1.35 bits per heavy atom. The lowest BCUT2D eigenvalue weighted by atomic mass is 10.1. The third-order valence-corrected chi connectivity index (χ3v) is 7.15. The van der Waals surface area contributed by atoms with Gasteiger partial charge in [0, 0.05) is 12.8 Å². The van der Waals surface area contributed by atoms with Gasteiger partial charge in [0.05, 0.1) is 14.2 Å². The third kappa shape index (κ3) is 12.0. The van der Waals surface area contributed by atoms with Crippen LogP contribution in [0.2, 0.25) is 0 Å². The average molecular weight is 649 g/mol. The Morgan fingerprint density at radius 1 is 0.500 bits per heavy atom. The Bertz CT molecular complexity index is 1640. The quantitative estimate of drug-likeness (QED) is 0.132. The van der Waals surface area contributed by atoms with Gasteiger partial charge in [0.25, 0.3) is 0 Å². The van der Waals surface area contributed by atoms with Crippen molar-refractivity contribution in [3.8, 4) is 17.2 Å². The molecule has 0 fully saturated rings. The lowest BCUT2D eigenvalue weighted by Gasteiger charge is -2.17. The molecule has 0 radical (unpaired) electrons. The number of rotatable bonds is 14. The van der Waals surface area contributed by atoms with Gasteiger partial charge in [-0.2, -0.15) is 0 Å². The van der Waals surface area contributed by atoms with E-state index in [0.717, 1.165) is 33.8 Å². The van der Waals surface area contributed by atoms with Crippen LogP contribution in [-0.2, 0) is 45.1 Å². The van der Waals surface area contributed by atoms with E-state index in [-0.39, 0.29) is 6.42 Å². The molecule has 0 aromatic heterocycles. The first-order valence-corrected chi connectivity index (χ1v) is 15.5. The summed E-state index contributed by atoms with van der Waals surface area (Å²) in [5.41, 5.74) is 4.03. The number of carbonyl (C=O) groups is 2. The number of aliphatic hydroxyl groups excluding tert-OH is 1. The van der Waals surface area contributed by atoms with Gasteiger partial charge in [-0.25, -0.2) is 9.59 Å². The molecule has 0 aliphatic rings. The van der Waals surface area contributed by atoms with Gasteiger partial charge >= 0.3 is 11.9 Å². The van der Waals surface area contributed by atoms with Crippen LogP contribution in [0.3, 0.4) is 0 Å². The fourth-order valence-corrected chi connectivity index (χ4v) is 4.55. The molecule has 2 atom stereocenters. The topological polar surface area (TPSA) is 101 Å². The van der Waals surface area contributed by atoms with Crippen LogP contribution in [0.15, 0.2) is 140 Å². The molecule has 0 spiro atoms. The van der Waals surface area contributed by atoms with Gasteiger partial charge in [-0.05, 0) is 58.7 Å². The van der Waals surface area contributed by atoms with Gasteiger partial charge in [0.15, 0.2) is 12.2 Å². The van der Waals surface area contributed by atoms with Crippen molar-refractivity contribution in [2.24, 2.45) is 0 Å². The van der Waals surface area contributed by atoms with Crippen molar-refractivity contribution in [2.45, 2.75) is 38.3 Å². The van der Waals surface area contributed by atoms with E-state index in [9.17, 15) is 14.7 Å². The first kappa shape index (κ1) is 35.3. The molecule has 0 saturated carbocycles. The highest BCUT2D eigenvalue weighted by Gasteiger charge is 2.22. The zero-order valence-electron chi connectivity index (χ0n) is 27.1. The Hall–Kier alpha value is -5.60. The fraction of sp³-hybridized carbons (Fsp3) is 0.200. The molecule has 5 rings (SSSR count). The number of hydrogen-bond acceptors (Lipinski definition) is 8. The minimum Gasteiger partial charge on any atom is -0.489 e. The number of carbonyl (C=O) groups excluding carboxylic acids is 2. The van der Waals surface area contributed by atoms with Crippen LogP contribution in [0.4, 0.5) is 0 Å². The summed E-state index contributed by atoms with van der Waals surface area (Å²) < 4.78 is 26.6. The Balaban J connectivity index is 0.000000224. The van der Waals surface area contributed by atoms with E-state index < -0.39 is 24.1 Å². The molecule has 248 valence electrons. The van der Waals surface area contributed by atoms with E-state index in [1.54, 1.807) is 0 Å². The van der Waals surface area contributed by atoms with Crippen molar-refractivity contribution in [3.05, 3.63) is 162 Å². The van der Waals surface area contributed by atoms with E-state index in [2.05, 4.69) is 4.74 Å². The summed E-state index contributed by atoms with van der Waals surface area (Å²) >= 11 is 0. The zero-order valence-corrected chi connectivity index (χ0v) is 27.1. The zero-order chi connectivity index (χ0) is 34.0. The van der Waals surface area contributed by atoms with Gasteiger partial charge < -0.3 is 28.8 Å². The minimum atomic E-state index is -1.13. The van der Waals surface area contributed by atoms with Crippen LogP contribution in [0.5, 0.6) is 17.2 Å². The lowest BCUT2D eigenvalue weighted by molar-refractivity contribution is -0.150. The molecule has 0 amide bonds. The molecule has 5 aromatic carbocycles. The molecule has 2 unspecified atom stereocenters. The fourth-order valence-electron chi connectivity index (χ4n) is 4.55. The van der Waals surface area contributed by atoms with Gasteiger partial charge in [-0.3, -0.25) is 0 Å². The van der Waals surface area contributed by atoms with Crippen LogP contribution < -0.4 is 14.2 Å². The lowest BCUT2D eigenvalue weighted by Crippen LogP contribution is -2.30. The number of benzene rings is 5. The molecule has 5 aromatic rings. The highest BCUT2D eigenvalue weighted by Crippen LogP contribution is 2.19. The molecule has 0 aliphatic heterocycles. The average Bonchev–Trinajstić information content (AvgIpc) is 3.14. The highest BCUT2D eigenvalue weighted by atomic mass is 16.6. The van der Waals surface area contributed by atoms with Crippen molar-refractivity contribution in [2.75, 3.05) is 14.2 Å². The van der Waals surface area contributed by atoms with Crippen LogP contribution in [-0.4, -0.2) is 43.5 Å². The molecule has 0 heterocycles. The molecule has 48 heavy (non-hydrogen) atoms. The number of para-hydroxylation sites is 1. The van der Waals surface area contributed by atoms with Gasteiger partial charge in [0.1, 0.15) is 30.5 Å². The smallest absolute Gasteiger partial charge is 0.347 e. The normalized spacial score (nSPS) is 11.6. The van der Waals surface area contributed by atoms with Crippen LogP contribution in [0.25, 0.3) is 0 Å². The van der Waals surface area contributed by atoms with Crippen molar-refractivity contribution in [3.63, 3.8) is 0 Å². The summed E-state index contributed by atoms with van der Waals surface area (Å²) in [6.07, 6.45) is -1.19. The summed E-state index contributed by atoms with van der Waals surface area (Å²) in [5.74, 6) is 1.13. The molecule has 0 aliphatic carbocycles. The van der Waals surface area contributed by atoms with E-state index >= 15 is 0 Å². The second-order valence-corrected chi connectivity index (χ2v) is 10.7. The maximum absolute atomic E-state index is 12.1. The van der Waals surface area contributed by atoms with E-state index in [0.29, 0.717) is 25.4 Å². The molecular weight excluding hydrogens is 608 g/mol. The third-order valence-electron chi connectivity index (χ3n) is 7.15. The van der Waals surface area contributed by atoms with Gasteiger partial charge in [-0.1, -0.05) is 103 Å². The van der Waals surface area contributed by atoms with Crippen LogP contribution in [0.1, 0.15) is 22.3 Å². The second-order valence-electron chi connectivity index (χ2n) is 10.7. The first-order chi connectivity index (χ1) is 23.4. The number of ether oxygens (including phenoxy) is 5. The predicted octanol–water partition coefficient (Wildman–Crippen LogP) is 6.77. The highest BCUT2D eigenvalue weighted by molar-refractivity contribution is 5.75. The Kier molecular flexibility index (Phi) is 14.1. The van der Waals surface area contributed by atoms with Gasteiger partial charge in [-0.15, -0.1) is 0 Å². The monoisotopic (exact) mass is 648 g/mol. The number of hydrogen-bond donors (Lipinski definition) is 1. The van der Waals surface area contributed by atoms with Crippen molar-refractivity contribution in [1.82, 2.24) is 0 Å². The summed E-state index contributed by atoms with van der Waals surface area (Å²) in [4.78, 5) is 23.2. The molecular formula is C40H40O8. The molecule has 1 N–H and O–H groups in total. The van der Waals surface area contributed by atoms with Crippen LogP contribution >= 0.6 is 0 Å². The summed E-state index contributed by atoms with van der Waals surface area (Å²) in [6, 6.07) is 44.1. The van der Waals surface area contributed by atoms with E-state index in [4.69, 9.17) is 18.9 Å². The molecule has 0 saturated heterocycles. The summed E-state index contributed by atoms with van der Waals surface area (Å²) in [7, 11) is 2.62. The Morgan fingerprint density at radius 2 is 0.917 bits per heavy atom. The Labute approximate surface area is 281 Å². The van der Waals surface area contributed by atoms with Crippen LogP contribution in [0, 0.1) is 0 Å². The maximum Gasteiger partial charge on any atom is 0.347 e. The molecule has 8 nitrogen and oxygen atoms in total. The van der Waals surface area contributed by atoms with Gasteiger partial charge in [0.2, 0.25) is 0 Å². The first-order valence-electron chi connectivity index (χ1n) is 15.5. The van der Waals surface area contributed by atoms with E-state index in [1.807, 2.05) is 140 Å².